The van der Waals surface area contributed by atoms with Crippen LogP contribution < -0.4 is 10.6 Å². The van der Waals surface area contributed by atoms with E-state index in [1.54, 1.807) is 12.1 Å². The quantitative estimate of drug-likeness (QED) is 0.720. The Kier molecular flexibility index (Phi) is 6.67. The average molecular weight is 344 g/mol. The Bertz CT molecular complexity index is 703. The molecular weight excluding hydrogens is 319 g/mol. The van der Waals surface area contributed by atoms with E-state index in [1.807, 2.05) is 45.0 Å². The van der Waals surface area contributed by atoms with Gasteiger partial charge in [-0.2, -0.15) is 0 Å². The lowest BCUT2D eigenvalue weighted by atomic mass is 10.0. The highest BCUT2D eigenvalue weighted by molar-refractivity contribution is 5.91. The number of amides is 1. The SMILES string of the molecule is Cc1ccccc1NC(=O)CC(C)NC(C)C(O)c1ccc(F)cc1. The first-order valence-corrected chi connectivity index (χ1v) is 8.42. The first-order chi connectivity index (χ1) is 11.9. The molecule has 2 aromatic carbocycles. The molecule has 4 nitrogen and oxygen atoms in total. The summed E-state index contributed by atoms with van der Waals surface area (Å²) in [6, 6.07) is 13.0. The highest BCUT2D eigenvalue weighted by atomic mass is 19.1. The number of rotatable bonds is 7. The number of carbonyl (C=O) groups excluding carboxylic acids is 1. The monoisotopic (exact) mass is 344 g/mol. The van der Waals surface area contributed by atoms with Gasteiger partial charge >= 0.3 is 0 Å². The number of halogens is 1. The fraction of sp³-hybridized carbons (Fsp3) is 0.350. The van der Waals surface area contributed by atoms with Gasteiger partial charge in [0.25, 0.3) is 0 Å². The topological polar surface area (TPSA) is 61.4 Å². The first kappa shape index (κ1) is 19.1. The lowest BCUT2D eigenvalue weighted by molar-refractivity contribution is -0.116. The Labute approximate surface area is 148 Å². The van der Waals surface area contributed by atoms with E-state index < -0.39 is 6.10 Å². The molecule has 3 atom stereocenters. The van der Waals surface area contributed by atoms with Crippen LogP contribution in [-0.4, -0.2) is 23.1 Å². The van der Waals surface area contributed by atoms with Gasteiger partial charge in [0.1, 0.15) is 5.82 Å². The van der Waals surface area contributed by atoms with Gasteiger partial charge in [0.2, 0.25) is 5.91 Å². The van der Waals surface area contributed by atoms with E-state index in [9.17, 15) is 14.3 Å². The Morgan fingerprint density at radius 3 is 2.40 bits per heavy atom. The molecule has 5 heteroatoms. The Balaban J connectivity index is 1.86. The number of anilines is 1. The van der Waals surface area contributed by atoms with Crippen LogP contribution in [0.3, 0.4) is 0 Å². The second-order valence-corrected chi connectivity index (χ2v) is 6.42. The normalized spacial score (nSPS) is 14.6. The molecule has 3 N–H and O–H groups in total. The van der Waals surface area contributed by atoms with E-state index in [4.69, 9.17) is 0 Å². The number of carbonyl (C=O) groups is 1. The minimum absolute atomic E-state index is 0.0854. The van der Waals surface area contributed by atoms with Crippen LogP contribution in [0.15, 0.2) is 48.5 Å². The van der Waals surface area contributed by atoms with Gasteiger partial charge in [-0.1, -0.05) is 30.3 Å². The Morgan fingerprint density at radius 1 is 1.12 bits per heavy atom. The number of aliphatic hydroxyl groups excluding tert-OH is 1. The van der Waals surface area contributed by atoms with Crippen LogP contribution in [0, 0.1) is 12.7 Å². The third kappa shape index (κ3) is 5.66. The van der Waals surface area contributed by atoms with Gasteiger partial charge in [-0.25, -0.2) is 4.39 Å². The van der Waals surface area contributed by atoms with Crippen LogP contribution >= 0.6 is 0 Å². The lowest BCUT2D eigenvalue weighted by Crippen LogP contribution is -2.40. The molecule has 0 heterocycles. The molecule has 25 heavy (non-hydrogen) atoms. The summed E-state index contributed by atoms with van der Waals surface area (Å²) >= 11 is 0. The molecule has 0 aliphatic rings. The van der Waals surface area contributed by atoms with Crippen molar-refractivity contribution in [1.82, 2.24) is 5.32 Å². The van der Waals surface area contributed by atoms with Crippen molar-refractivity contribution in [2.45, 2.75) is 45.4 Å². The molecule has 1 amide bonds. The van der Waals surface area contributed by atoms with Gasteiger partial charge in [0.05, 0.1) is 6.10 Å². The Morgan fingerprint density at radius 2 is 1.76 bits per heavy atom. The summed E-state index contributed by atoms with van der Waals surface area (Å²) in [5, 5.41) is 16.5. The zero-order valence-electron chi connectivity index (χ0n) is 14.8. The third-order valence-electron chi connectivity index (χ3n) is 4.14. The molecule has 0 spiro atoms. The molecule has 0 bridgehead atoms. The largest absolute Gasteiger partial charge is 0.387 e. The van der Waals surface area contributed by atoms with Crippen LogP contribution in [0.2, 0.25) is 0 Å². The zero-order chi connectivity index (χ0) is 18.4. The van der Waals surface area contributed by atoms with Crippen molar-refractivity contribution in [3.05, 3.63) is 65.5 Å². The maximum Gasteiger partial charge on any atom is 0.225 e. The predicted molar refractivity (Wildman–Crippen MR) is 97.8 cm³/mol. The van der Waals surface area contributed by atoms with E-state index >= 15 is 0 Å². The van der Waals surface area contributed by atoms with E-state index in [-0.39, 0.29) is 30.2 Å². The van der Waals surface area contributed by atoms with Crippen molar-refractivity contribution in [3.63, 3.8) is 0 Å². The van der Waals surface area contributed by atoms with Crippen molar-refractivity contribution in [2.75, 3.05) is 5.32 Å². The highest BCUT2D eigenvalue weighted by Crippen LogP contribution is 2.18. The second kappa shape index (κ2) is 8.74. The first-order valence-electron chi connectivity index (χ1n) is 8.42. The number of nitrogens with one attached hydrogen (secondary N) is 2. The number of aryl methyl sites for hydroxylation is 1. The summed E-state index contributed by atoms with van der Waals surface area (Å²) < 4.78 is 13.0. The van der Waals surface area contributed by atoms with Crippen LogP contribution in [0.25, 0.3) is 0 Å². The molecule has 2 aromatic rings. The fourth-order valence-corrected chi connectivity index (χ4v) is 2.74. The van der Waals surface area contributed by atoms with E-state index in [0.29, 0.717) is 5.56 Å². The van der Waals surface area contributed by atoms with Gasteiger partial charge < -0.3 is 15.7 Å². The molecule has 0 radical (unpaired) electrons. The number of benzene rings is 2. The fourth-order valence-electron chi connectivity index (χ4n) is 2.74. The summed E-state index contributed by atoms with van der Waals surface area (Å²) in [5.41, 5.74) is 2.45. The molecule has 0 aromatic heterocycles. The molecule has 0 fully saturated rings. The minimum atomic E-state index is -0.775. The van der Waals surface area contributed by atoms with Gasteiger partial charge in [-0.15, -0.1) is 0 Å². The van der Waals surface area contributed by atoms with Crippen molar-refractivity contribution in [3.8, 4) is 0 Å². The van der Waals surface area contributed by atoms with Crippen molar-refractivity contribution in [1.29, 1.82) is 0 Å². The predicted octanol–water partition coefficient (Wildman–Crippen LogP) is 3.56. The molecule has 3 unspecified atom stereocenters. The van der Waals surface area contributed by atoms with Gasteiger partial charge in [-0.05, 0) is 50.1 Å². The van der Waals surface area contributed by atoms with Crippen molar-refractivity contribution < 1.29 is 14.3 Å². The molecule has 134 valence electrons. The minimum Gasteiger partial charge on any atom is -0.387 e. The maximum absolute atomic E-state index is 13.0. The molecule has 0 saturated heterocycles. The molecular formula is C20H25FN2O2. The van der Waals surface area contributed by atoms with E-state index in [0.717, 1.165) is 11.3 Å². The van der Waals surface area contributed by atoms with Crippen molar-refractivity contribution >= 4 is 11.6 Å². The molecule has 2 rings (SSSR count). The lowest BCUT2D eigenvalue weighted by Gasteiger charge is -2.24. The average Bonchev–Trinajstić information content (AvgIpc) is 2.56. The molecule has 0 aliphatic heterocycles. The number of hydrogen-bond donors (Lipinski definition) is 3. The number of aliphatic hydroxyl groups is 1. The van der Waals surface area contributed by atoms with Crippen LogP contribution in [0.1, 0.15) is 37.5 Å². The summed E-state index contributed by atoms with van der Waals surface area (Å²) in [7, 11) is 0. The number of hydrogen-bond acceptors (Lipinski definition) is 3. The zero-order valence-corrected chi connectivity index (χ0v) is 14.8. The van der Waals surface area contributed by atoms with E-state index in [2.05, 4.69) is 10.6 Å². The standard InChI is InChI=1S/C20H25FN2O2/c1-13-6-4-5-7-18(13)23-19(24)12-14(2)22-15(3)20(25)16-8-10-17(21)11-9-16/h4-11,14-15,20,22,25H,12H2,1-3H3,(H,23,24). The van der Waals surface area contributed by atoms with E-state index in [1.165, 1.54) is 12.1 Å². The second-order valence-electron chi connectivity index (χ2n) is 6.42. The summed E-state index contributed by atoms with van der Waals surface area (Å²) in [6.07, 6.45) is -0.489. The smallest absolute Gasteiger partial charge is 0.225 e. The van der Waals surface area contributed by atoms with Crippen LogP contribution in [0.4, 0.5) is 10.1 Å². The summed E-state index contributed by atoms with van der Waals surface area (Å²) in [6.45, 7) is 5.67. The maximum atomic E-state index is 13.0. The van der Waals surface area contributed by atoms with Gasteiger partial charge in [0, 0.05) is 24.2 Å². The van der Waals surface area contributed by atoms with Gasteiger partial charge in [-0.3, -0.25) is 4.79 Å². The van der Waals surface area contributed by atoms with Gasteiger partial charge in [0.15, 0.2) is 0 Å². The molecule has 0 aliphatic carbocycles. The van der Waals surface area contributed by atoms with Crippen molar-refractivity contribution in [2.24, 2.45) is 0 Å². The summed E-state index contributed by atoms with van der Waals surface area (Å²) in [4.78, 5) is 12.2. The van der Waals surface area contributed by atoms with Crippen LogP contribution in [-0.2, 0) is 4.79 Å². The summed E-state index contributed by atoms with van der Waals surface area (Å²) in [5.74, 6) is -0.421. The highest BCUT2D eigenvalue weighted by Gasteiger charge is 2.19. The number of para-hydroxylation sites is 1. The Hall–Kier alpha value is -2.24. The van der Waals surface area contributed by atoms with Crippen LogP contribution in [0.5, 0.6) is 0 Å². The third-order valence-corrected chi connectivity index (χ3v) is 4.14. The molecule has 0 saturated carbocycles.